The number of ether oxygens (including phenoxy) is 2. The minimum Gasteiger partial charge on any atom is -0.394 e. The lowest BCUT2D eigenvalue weighted by Crippen LogP contribution is -2.33. The van der Waals surface area contributed by atoms with Gasteiger partial charge in [-0.15, -0.1) is 0 Å². The van der Waals surface area contributed by atoms with Crippen molar-refractivity contribution in [3.05, 3.63) is 25.3 Å². The van der Waals surface area contributed by atoms with Crippen LogP contribution < -0.4 is 0 Å². The van der Waals surface area contributed by atoms with Crippen molar-refractivity contribution in [2.24, 2.45) is 0 Å². The highest BCUT2D eigenvalue weighted by Crippen LogP contribution is 2.41. The van der Waals surface area contributed by atoms with Gasteiger partial charge in [0.2, 0.25) is 0 Å². The molecule has 18 heteroatoms. The molecule has 6 rings (SSSR count). The molecule has 6 heterocycles. The van der Waals surface area contributed by atoms with E-state index >= 15 is 0 Å². The Hall–Kier alpha value is -2.52. The number of hydrogen-bond acceptors (Lipinski definition) is 16. The van der Waals surface area contributed by atoms with E-state index in [9.17, 15) is 30.6 Å². The van der Waals surface area contributed by atoms with Gasteiger partial charge in [-0.05, 0) is 21.6 Å². The molecule has 202 valence electrons. The fraction of sp³-hybridized carbons (Fsp3) is 0.500. The first-order valence-corrected chi connectivity index (χ1v) is 13.5. The molecule has 0 spiro atoms. The quantitative estimate of drug-likeness (QED) is 0.105. The van der Waals surface area contributed by atoms with Crippen molar-refractivity contribution in [3.63, 3.8) is 0 Å². The van der Waals surface area contributed by atoms with Crippen LogP contribution in [0.5, 0.6) is 0 Å². The number of aliphatic hydroxyl groups is 6. The Bertz CT molecular complexity index is 1350. The highest BCUT2D eigenvalue weighted by Gasteiger charge is 2.45. The maximum absolute atomic E-state index is 10.4. The lowest BCUT2D eigenvalue weighted by molar-refractivity contribution is -0.0511. The Morgan fingerprint density at radius 3 is 1.42 bits per heavy atom. The summed E-state index contributed by atoms with van der Waals surface area (Å²) in [6.45, 7) is -0.905. The van der Waals surface area contributed by atoms with Crippen LogP contribution in [0.3, 0.4) is 0 Å². The Balaban J connectivity index is 1.25. The number of aromatic nitrogens is 8. The molecule has 2 fully saturated rings. The van der Waals surface area contributed by atoms with E-state index in [4.69, 9.17) is 9.47 Å². The second kappa shape index (κ2) is 10.2. The van der Waals surface area contributed by atoms with Gasteiger partial charge in [-0.25, -0.2) is 29.9 Å². The summed E-state index contributed by atoms with van der Waals surface area (Å²) in [5.74, 6) is 0. The van der Waals surface area contributed by atoms with Gasteiger partial charge in [0.1, 0.15) is 70.4 Å². The highest BCUT2D eigenvalue weighted by atomic mass is 33.1. The Morgan fingerprint density at radius 1 is 0.632 bits per heavy atom. The molecule has 0 unspecified atom stereocenters. The van der Waals surface area contributed by atoms with Gasteiger partial charge >= 0.3 is 0 Å². The number of imidazole rings is 2. The number of fused-ring (bicyclic) bond motifs is 2. The first-order valence-electron chi connectivity index (χ1n) is 11.4. The first-order chi connectivity index (χ1) is 18.4. The van der Waals surface area contributed by atoms with E-state index in [1.54, 1.807) is 0 Å². The summed E-state index contributed by atoms with van der Waals surface area (Å²) in [4.78, 5) is 25.8. The van der Waals surface area contributed by atoms with E-state index in [1.165, 1.54) is 56.0 Å². The zero-order valence-electron chi connectivity index (χ0n) is 19.2. The summed E-state index contributed by atoms with van der Waals surface area (Å²) < 4.78 is 14.1. The summed E-state index contributed by atoms with van der Waals surface area (Å²) in [5.41, 5.74) is 1.56. The van der Waals surface area contributed by atoms with E-state index in [-0.39, 0.29) is 0 Å². The van der Waals surface area contributed by atoms with Crippen molar-refractivity contribution in [2.75, 3.05) is 13.2 Å². The summed E-state index contributed by atoms with van der Waals surface area (Å²) in [7, 11) is 2.46. The topological polar surface area (TPSA) is 227 Å². The van der Waals surface area contributed by atoms with Crippen molar-refractivity contribution >= 4 is 43.9 Å². The van der Waals surface area contributed by atoms with Gasteiger partial charge in [0.15, 0.2) is 23.8 Å². The molecule has 0 bridgehead atoms. The lowest BCUT2D eigenvalue weighted by Gasteiger charge is -2.16. The van der Waals surface area contributed by atoms with Crippen LogP contribution in [0.1, 0.15) is 12.5 Å². The summed E-state index contributed by atoms with van der Waals surface area (Å²) in [5, 5.41) is 60.7. The van der Waals surface area contributed by atoms with Crippen LogP contribution in [0.2, 0.25) is 0 Å². The minimum atomic E-state index is -1.29. The Labute approximate surface area is 220 Å². The second-order valence-electron chi connectivity index (χ2n) is 8.63. The van der Waals surface area contributed by atoms with Crippen LogP contribution in [0.15, 0.2) is 35.4 Å². The molecular formula is C20H22N8O8S2. The molecule has 0 aliphatic carbocycles. The molecule has 2 aliphatic heterocycles. The Kier molecular flexibility index (Phi) is 6.93. The number of aliphatic hydroxyl groups excluding tert-OH is 6. The molecule has 2 saturated heterocycles. The average Bonchev–Trinajstić information content (AvgIpc) is 3.69. The van der Waals surface area contributed by atoms with E-state index in [1.807, 2.05) is 0 Å². The lowest BCUT2D eigenvalue weighted by atomic mass is 10.1. The van der Waals surface area contributed by atoms with Gasteiger partial charge in [-0.2, -0.15) is 0 Å². The number of nitrogens with zero attached hydrogens (tertiary/aromatic N) is 8. The van der Waals surface area contributed by atoms with Gasteiger partial charge < -0.3 is 40.1 Å². The minimum absolute atomic E-state index is 0.361. The van der Waals surface area contributed by atoms with Crippen LogP contribution in [0, 0.1) is 0 Å². The molecule has 16 nitrogen and oxygen atoms in total. The fourth-order valence-electron chi connectivity index (χ4n) is 4.45. The van der Waals surface area contributed by atoms with Gasteiger partial charge in [-0.3, -0.25) is 9.13 Å². The van der Waals surface area contributed by atoms with Gasteiger partial charge in [0.25, 0.3) is 0 Å². The average molecular weight is 567 g/mol. The van der Waals surface area contributed by atoms with Gasteiger partial charge in [0.05, 0.1) is 25.9 Å². The molecule has 2 aliphatic rings. The predicted octanol–water partition coefficient (Wildman–Crippen LogP) is -2.01. The molecule has 8 atom stereocenters. The van der Waals surface area contributed by atoms with Crippen molar-refractivity contribution in [1.82, 2.24) is 39.0 Å². The molecule has 4 aromatic heterocycles. The largest absolute Gasteiger partial charge is 0.394 e. The molecule has 4 aromatic rings. The molecule has 38 heavy (non-hydrogen) atoms. The normalized spacial score (nSPS) is 31.6. The van der Waals surface area contributed by atoms with E-state index in [2.05, 4.69) is 29.9 Å². The zero-order chi connectivity index (χ0) is 26.6. The molecule has 0 amide bonds. The van der Waals surface area contributed by atoms with Crippen LogP contribution >= 0.6 is 21.6 Å². The second-order valence-corrected chi connectivity index (χ2v) is 10.7. The van der Waals surface area contributed by atoms with E-state index < -0.39 is 62.3 Å². The fourth-order valence-corrected chi connectivity index (χ4v) is 6.44. The third kappa shape index (κ3) is 4.13. The van der Waals surface area contributed by atoms with Crippen LogP contribution in [-0.2, 0) is 9.47 Å². The molecular weight excluding hydrogens is 544 g/mol. The summed E-state index contributed by atoms with van der Waals surface area (Å²) >= 11 is 0. The third-order valence-corrected chi connectivity index (χ3v) is 8.63. The molecule has 0 aromatic carbocycles. The van der Waals surface area contributed by atoms with Gasteiger partial charge in [-0.1, -0.05) is 0 Å². The summed E-state index contributed by atoms with van der Waals surface area (Å²) in [6, 6.07) is 0. The van der Waals surface area contributed by atoms with Crippen LogP contribution in [-0.4, -0.2) is 120 Å². The molecule has 6 N–H and O–H groups in total. The SMILES string of the molecule is OC[C@H]1O[C@@H](n2cnc3c(SSc4ncnc5c4ncn5[C@@H]4O[C@H](CO)[C@@H](O)[C@@H]4O)ncnc32)[C@@H](O)[C@@H]1O. The summed E-state index contributed by atoms with van der Waals surface area (Å²) in [6.07, 6.45) is -3.46. The maximum atomic E-state index is 10.4. The predicted molar refractivity (Wildman–Crippen MR) is 128 cm³/mol. The standard InChI is InChI=1S/C20H22N8O8S2/c29-1-7-11(31)13(33)19(35-7)27-5-25-9-15(27)21-3-23-17(9)37-38-18-10-16(22-4-24-18)28(6-26-10)20-14(34)12(32)8(2-30)36-20/h3-8,11-14,19-20,29-34H,1-2H2/t7-,8-,11-,12-,13+,14+,19-,20-/m1/s1. The third-order valence-electron chi connectivity index (χ3n) is 6.43. The number of rotatable bonds is 7. The van der Waals surface area contributed by atoms with E-state index in [0.29, 0.717) is 32.4 Å². The number of hydrogen-bond donors (Lipinski definition) is 6. The highest BCUT2D eigenvalue weighted by molar-refractivity contribution is 8.76. The monoisotopic (exact) mass is 566 g/mol. The van der Waals surface area contributed by atoms with Crippen molar-refractivity contribution in [3.8, 4) is 0 Å². The van der Waals surface area contributed by atoms with Crippen LogP contribution in [0.25, 0.3) is 22.3 Å². The van der Waals surface area contributed by atoms with Crippen molar-refractivity contribution in [1.29, 1.82) is 0 Å². The van der Waals surface area contributed by atoms with Crippen LogP contribution in [0.4, 0.5) is 0 Å². The van der Waals surface area contributed by atoms with E-state index in [0.717, 1.165) is 0 Å². The van der Waals surface area contributed by atoms with Gasteiger partial charge in [0, 0.05) is 0 Å². The van der Waals surface area contributed by atoms with Crippen molar-refractivity contribution in [2.45, 2.75) is 59.1 Å². The first kappa shape index (κ1) is 25.7. The van der Waals surface area contributed by atoms with Crippen molar-refractivity contribution < 1.29 is 40.1 Å². The smallest absolute Gasteiger partial charge is 0.166 e. The molecule has 0 saturated carbocycles. The molecule has 0 radical (unpaired) electrons. The Morgan fingerprint density at radius 2 is 1.05 bits per heavy atom. The zero-order valence-corrected chi connectivity index (χ0v) is 20.9. The maximum Gasteiger partial charge on any atom is 0.166 e.